The first-order chi connectivity index (χ1) is 9.88. The van der Waals surface area contributed by atoms with Crippen molar-refractivity contribution in [1.82, 2.24) is 29.3 Å². The van der Waals surface area contributed by atoms with Crippen molar-refractivity contribution in [3.05, 3.63) is 30.7 Å². The largest absolute Gasteiger partial charge is 0.364 e. The number of aromatic nitrogens is 6. The van der Waals surface area contributed by atoms with Gasteiger partial charge in [-0.3, -0.25) is 9.36 Å². The fourth-order valence-corrected chi connectivity index (χ4v) is 2.09. The number of hydrogen-bond acceptors (Lipinski definition) is 5. The number of carbonyl (C=O) groups is 1. The Kier molecular flexibility index (Phi) is 2.75. The van der Waals surface area contributed by atoms with Gasteiger partial charge < -0.3 is 5.73 Å². The van der Waals surface area contributed by atoms with E-state index in [4.69, 9.17) is 5.73 Å². The van der Waals surface area contributed by atoms with Crippen molar-refractivity contribution in [1.29, 1.82) is 0 Å². The zero-order chi connectivity index (χ0) is 15.2. The van der Waals surface area contributed by atoms with Crippen LogP contribution in [-0.2, 0) is 5.54 Å². The van der Waals surface area contributed by atoms with Crippen LogP contribution in [0.15, 0.2) is 25.0 Å². The van der Waals surface area contributed by atoms with Crippen LogP contribution in [0.3, 0.4) is 0 Å². The molecule has 3 heterocycles. The monoisotopic (exact) mass is 285 g/mol. The van der Waals surface area contributed by atoms with Gasteiger partial charge in [-0.05, 0) is 20.8 Å². The van der Waals surface area contributed by atoms with E-state index in [0.717, 1.165) is 11.0 Å². The smallest absolute Gasteiger partial charge is 0.268 e. The van der Waals surface area contributed by atoms with E-state index in [9.17, 15) is 4.79 Å². The minimum Gasteiger partial charge on any atom is -0.364 e. The van der Waals surface area contributed by atoms with Crippen LogP contribution in [0.2, 0.25) is 0 Å². The molecule has 0 aliphatic heterocycles. The van der Waals surface area contributed by atoms with Crippen LogP contribution in [0.5, 0.6) is 0 Å². The van der Waals surface area contributed by atoms with Gasteiger partial charge in [-0.25, -0.2) is 19.6 Å². The number of fused-ring (bicyclic) bond motifs is 1. The summed E-state index contributed by atoms with van der Waals surface area (Å²) >= 11 is 0. The van der Waals surface area contributed by atoms with E-state index in [1.807, 2.05) is 25.5 Å². The second-order valence-corrected chi connectivity index (χ2v) is 5.69. The van der Waals surface area contributed by atoms with Crippen LogP contribution < -0.4 is 5.73 Å². The molecule has 0 saturated heterocycles. The van der Waals surface area contributed by atoms with Crippen molar-refractivity contribution >= 4 is 16.9 Å². The molecule has 3 aromatic rings. The molecule has 108 valence electrons. The van der Waals surface area contributed by atoms with Crippen molar-refractivity contribution in [2.75, 3.05) is 0 Å². The Labute approximate surface area is 120 Å². The third-order valence-electron chi connectivity index (χ3n) is 3.06. The second-order valence-electron chi connectivity index (χ2n) is 5.69. The van der Waals surface area contributed by atoms with Crippen LogP contribution in [0.4, 0.5) is 0 Å². The van der Waals surface area contributed by atoms with Gasteiger partial charge in [0.15, 0.2) is 11.5 Å². The van der Waals surface area contributed by atoms with Crippen molar-refractivity contribution < 1.29 is 4.79 Å². The molecule has 0 aromatic carbocycles. The minimum atomic E-state index is -0.579. The first-order valence-electron chi connectivity index (χ1n) is 6.41. The summed E-state index contributed by atoms with van der Waals surface area (Å²) in [5.74, 6) is 0.0277. The molecule has 3 aromatic heterocycles. The Morgan fingerprint density at radius 1 is 1.24 bits per heavy atom. The number of nitrogens with zero attached hydrogens (tertiary/aromatic N) is 6. The molecule has 0 radical (unpaired) electrons. The normalized spacial score (nSPS) is 12.0. The van der Waals surface area contributed by atoms with Crippen molar-refractivity contribution in [2.45, 2.75) is 26.3 Å². The molecule has 0 spiro atoms. The molecule has 0 aliphatic carbocycles. The predicted octanol–water partition coefficient (Wildman–Crippen LogP) is 0.866. The van der Waals surface area contributed by atoms with Crippen molar-refractivity contribution in [3.63, 3.8) is 0 Å². The molecule has 1 amide bonds. The maximum atomic E-state index is 11.1. The fraction of sp³-hybridized carbons (Fsp3) is 0.308. The quantitative estimate of drug-likeness (QED) is 0.752. The molecule has 3 rings (SSSR count). The lowest BCUT2D eigenvalue weighted by atomic mass is 10.1. The van der Waals surface area contributed by atoms with Gasteiger partial charge in [0.1, 0.15) is 18.3 Å². The third kappa shape index (κ3) is 2.14. The maximum absolute atomic E-state index is 11.1. The van der Waals surface area contributed by atoms with Gasteiger partial charge in [0.2, 0.25) is 0 Å². The summed E-state index contributed by atoms with van der Waals surface area (Å²) < 4.78 is 3.47. The van der Waals surface area contributed by atoms with Gasteiger partial charge in [0.25, 0.3) is 5.91 Å². The number of amides is 1. The van der Waals surface area contributed by atoms with E-state index >= 15 is 0 Å². The molecule has 8 nitrogen and oxygen atoms in total. The van der Waals surface area contributed by atoms with E-state index in [1.54, 1.807) is 17.0 Å². The summed E-state index contributed by atoms with van der Waals surface area (Å²) in [6.07, 6.45) is 6.21. The SMILES string of the molecule is CC(C)(C)n1ncc2c(-n3cnc(C(N)=O)c3)ncnc21. The lowest BCUT2D eigenvalue weighted by Crippen LogP contribution is -2.23. The van der Waals surface area contributed by atoms with E-state index in [2.05, 4.69) is 20.1 Å². The number of hydrogen-bond donors (Lipinski definition) is 1. The number of carbonyl (C=O) groups excluding carboxylic acids is 1. The summed E-state index contributed by atoms with van der Waals surface area (Å²) in [4.78, 5) is 23.6. The van der Waals surface area contributed by atoms with Gasteiger partial charge in [0.05, 0.1) is 17.1 Å². The van der Waals surface area contributed by atoms with Crippen LogP contribution in [-0.4, -0.2) is 35.2 Å². The van der Waals surface area contributed by atoms with Crippen molar-refractivity contribution in [2.24, 2.45) is 5.73 Å². The Balaban J connectivity index is 2.19. The highest BCUT2D eigenvalue weighted by Crippen LogP contribution is 2.23. The molecule has 0 aliphatic rings. The lowest BCUT2D eigenvalue weighted by molar-refractivity contribution is 0.0996. The summed E-state index contributed by atoms with van der Waals surface area (Å²) in [6.45, 7) is 6.14. The molecule has 2 N–H and O–H groups in total. The Bertz CT molecular complexity index is 825. The minimum absolute atomic E-state index is 0.185. The zero-order valence-electron chi connectivity index (χ0n) is 12.0. The fourth-order valence-electron chi connectivity index (χ4n) is 2.09. The summed E-state index contributed by atoms with van der Waals surface area (Å²) in [5, 5.41) is 5.16. The maximum Gasteiger partial charge on any atom is 0.268 e. The Hall–Kier alpha value is -2.77. The van der Waals surface area contributed by atoms with Gasteiger partial charge in [-0.2, -0.15) is 5.10 Å². The number of imidazole rings is 1. The Morgan fingerprint density at radius 2 is 2.00 bits per heavy atom. The molecular weight excluding hydrogens is 270 g/mol. The first-order valence-corrected chi connectivity index (χ1v) is 6.41. The third-order valence-corrected chi connectivity index (χ3v) is 3.06. The summed E-state index contributed by atoms with van der Waals surface area (Å²) in [5.41, 5.74) is 5.93. The molecule has 0 unspecified atom stereocenters. The van der Waals surface area contributed by atoms with Gasteiger partial charge in [-0.1, -0.05) is 0 Å². The molecule has 0 saturated carbocycles. The molecule has 0 bridgehead atoms. The summed E-state index contributed by atoms with van der Waals surface area (Å²) in [6, 6.07) is 0. The number of primary amides is 1. The molecule has 0 fully saturated rings. The Morgan fingerprint density at radius 3 is 2.62 bits per heavy atom. The second kappa shape index (κ2) is 4.37. The highest BCUT2D eigenvalue weighted by molar-refractivity contribution is 5.91. The van der Waals surface area contributed by atoms with Gasteiger partial charge in [0, 0.05) is 6.20 Å². The predicted molar refractivity (Wildman–Crippen MR) is 76.0 cm³/mol. The highest BCUT2D eigenvalue weighted by atomic mass is 16.1. The molecule has 8 heteroatoms. The number of rotatable bonds is 2. The molecule has 0 atom stereocenters. The van der Waals surface area contributed by atoms with E-state index in [0.29, 0.717) is 5.82 Å². The molecular formula is C13H15N7O. The zero-order valence-corrected chi connectivity index (χ0v) is 12.0. The van der Waals surface area contributed by atoms with E-state index in [1.165, 1.54) is 12.7 Å². The number of nitrogens with two attached hydrogens (primary N) is 1. The van der Waals surface area contributed by atoms with E-state index < -0.39 is 5.91 Å². The topological polar surface area (TPSA) is 105 Å². The van der Waals surface area contributed by atoms with Crippen LogP contribution in [0, 0.1) is 0 Å². The molecule has 21 heavy (non-hydrogen) atoms. The van der Waals surface area contributed by atoms with Crippen LogP contribution in [0.25, 0.3) is 16.9 Å². The van der Waals surface area contributed by atoms with Gasteiger partial charge in [-0.15, -0.1) is 0 Å². The first kappa shape index (κ1) is 13.2. The summed E-state index contributed by atoms with van der Waals surface area (Å²) in [7, 11) is 0. The van der Waals surface area contributed by atoms with Crippen molar-refractivity contribution in [3.8, 4) is 5.82 Å². The highest BCUT2D eigenvalue weighted by Gasteiger charge is 2.20. The lowest BCUT2D eigenvalue weighted by Gasteiger charge is -2.19. The average Bonchev–Trinajstić information content (AvgIpc) is 3.04. The van der Waals surface area contributed by atoms with Gasteiger partial charge >= 0.3 is 0 Å². The van der Waals surface area contributed by atoms with E-state index in [-0.39, 0.29) is 11.2 Å². The van der Waals surface area contributed by atoms with Crippen LogP contribution >= 0.6 is 0 Å². The standard InChI is InChI=1S/C13H15N7O/c1-13(2,3)20-12-8(4-18-20)11(15-6-16-12)19-5-9(10(14)21)17-7-19/h4-7H,1-3H3,(H2,14,21). The van der Waals surface area contributed by atoms with Crippen LogP contribution in [0.1, 0.15) is 31.3 Å². The average molecular weight is 285 g/mol.